The first-order valence-electron chi connectivity index (χ1n) is 7.37. The largest absolute Gasteiger partial charge is 0.494 e. The fourth-order valence-corrected chi connectivity index (χ4v) is 2.46. The number of benzene rings is 1. The van der Waals surface area contributed by atoms with Gasteiger partial charge in [-0.05, 0) is 37.7 Å². The van der Waals surface area contributed by atoms with Gasteiger partial charge >= 0.3 is 0 Å². The number of aliphatic hydroxyl groups excluding tert-OH is 1. The number of amides is 1. The van der Waals surface area contributed by atoms with Crippen molar-refractivity contribution in [2.75, 3.05) is 31.3 Å². The smallest absolute Gasteiger partial charge is 0.220 e. The van der Waals surface area contributed by atoms with Gasteiger partial charge in [-0.2, -0.15) is 11.8 Å². The molecular formula is C16H25NO3S. The number of thioether (sulfide) groups is 1. The Kier molecular flexibility index (Phi) is 9.74. The normalized spacial score (nSPS) is 10.4. The molecule has 0 saturated heterocycles. The number of ether oxygens (including phenoxy) is 1. The van der Waals surface area contributed by atoms with Crippen LogP contribution >= 0.6 is 11.8 Å². The minimum atomic E-state index is 0.0743. The van der Waals surface area contributed by atoms with Crippen LogP contribution in [0.2, 0.25) is 0 Å². The van der Waals surface area contributed by atoms with Crippen LogP contribution in [-0.4, -0.2) is 42.3 Å². The predicted octanol–water partition coefficient (Wildman–Crippen LogP) is 2.39. The second-order valence-electron chi connectivity index (χ2n) is 4.80. The van der Waals surface area contributed by atoms with Crippen LogP contribution in [0.4, 0.5) is 0 Å². The van der Waals surface area contributed by atoms with E-state index in [1.165, 1.54) is 5.56 Å². The Morgan fingerprint density at radius 3 is 2.71 bits per heavy atom. The lowest BCUT2D eigenvalue weighted by molar-refractivity contribution is -0.121. The highest BCUT2D eigenvalue weighted by atomic mass is 32.2. The molecule has 0 spiro atoms. The first kappa shape index (κ1) is 17.9. The van der Waals surface area contributed by atoms with E-state index in [4.69, 9.17) is 9.84 Å². The third-order valence-corrected chi connectivity index (χ3v) is 3.92. The van der Waals surface area contributed by atoms with E-state index in [-0.39, 0.29) is 12.5 Å². The number of carbonyl (C=O) groups is 1. The topological polar surface area (TPSA) is 58.6 Å². The van der Waals surface area contributed by atoms with Crippen LogP contribution in [0.3, 0.4) is 0 Å². The monoisotopic (exact) mass is 311 g/mol. The van der Waals surface area contributed by atoms with E-state index in [2.05, 4.69) is 5.32 Å². The maximum Gasteiger partial charge on any atom is 0.220 e. The van der Waals surface area contributed by atoms with Crippen LogP contribution in [0.25, 0.3) is 0 Å². The molecule has 0 aliphatic carbocycles. The molecule has 2 N–H and O–H groups in total. The molecule has 0 unspecified atom stereocenters. The van der Waals surface area contributed by atoms with Gasteiger partial charge in [-0.15, -0.1) is 0 Å². The Bertz CT molecular complexity index is 395. The summed E-state index contributed by atoms with van der Waals surface area (Å²) in [6.45, 7) is 3.52. The van der Waals surface area contributed by atoms with Crippen LogP contribution in [-0.2, 0) is 4.79 Å². The van der Waals surface area contributed by atoms with Crippen molar-refractivity contribution in [2.24, 2.45) is 0 Å². The van der Waals surface area contributed by atoms with E-state index in [9.17, 15) is 4.79 Å². The molecule has 0 saturated carbocycles. The molecular weight excluding hydrogens is 286 g/mol. The summed E-state index contributed by atoms with van der Waals surface area (Å²) in [4.78, 5) is 11.6. The molecule has 1 aromatic rings. The molecule has 1 aromatic carbocycles. The van der Waals surface area contributed by atoms with Gasteiger partial charge in [0.1, 0.15) is 5.75 Å². The van der Waals surface area contributed by atoms with Crippen molar-refractivity contribution in [3.05, 3.63) is 29.8 Å². The van der Waals surface area contributed by atoms with E-state index in [0.717, 1.165) is 30.1 Å². The number of nitrogens with one attached hydrogen (secondary N) is 1. The van der Waals surface area contributed by atoms with Crippen molar-refractivity contribution >= 4 is 17.7 Å². The lowest BCUT2D eigenvalue weighted by Gasteiger charge is -2.07. The summed E-state index contributed by atoms with van der Waals surface area (Å²) in [6, 6.07) is 7.91. The Balaban J connectivity index is 1.97. The number of hydrogen-bond donors (Lipinski definition) is 2. The van der Waals surface area contributed by atoms with Gasteiger partial charge in [0.15, 0.2) is 0 Å². The third kappa shape index (κ3) is 9.37. The van der Waals surface area contributed by atoms with E-state index in [1.54, 1.807) is 11.8 Å². The molecule has 0 heterocycles. The van der Waals surface area contributed by atoms with Gasteiger partial charge in [0.25, 0.3) is 0 Å². The zero-order valence-electron chi connectivity index (χ0n) is 12.6. The van der Waals surface area contributed by atoms with Crippen LogP contribution in [0.5, 0.6) is 5.75 Å². The molecule has 1 rings (SSSR count). The van der Waals surface area contributed by atoms with E-state index >= 15 is 0 Å². The Morgan fingerprint density at radius 2 is 2.00 bits per heavy atom. The summed E-state index contributed by atoms with van der Waals surface area (Å²) in [7, 11) is 0. The second kappa shape index (κ2) is 11.5. The summed E-state index contributed by atoms with van der Waals surface area (Å²) in [6.07, 6.45) is 2.03. The third-order valence-electron chi connectivity index (χ3n) is 2.85. The highest BCUT2D eigenvalue weighted by Gasteiger charge is 2.01. The maximum absolute atomic E-state index is 11.6. The number of rotatable bonds is 11. The van der Waals surface area contributed by atoms with Crippen LogP contribution in [0.15, 0.2) is 24.3 Å². The summed E-state index contributed by atoms with van der Waals surface area (Å²) in [5.41, 5.74) is 1.21. The van der Waals surface area contributed by atoms with Crippen molar-refractivity contribution in [3.8, 4) is 5.75 Å². The van der Waals surface area contributed by atoms with Crippen LogP contribution in [0.1, 0.15) is 24.8 Å². The molecule has 0 atom stereocenters. The van der Waals surface area contributed by atoms with E-state index in [1.807, 2.05) is 31.2 Å². The molecule has 0 aliphatic heterocycles. The minimum absolute atomic E-state index is 0.0743. The van der Waals surface area contributed by atoms with E-state index < -0.39 is 0 Å². The molecule has 0 aliphatic rings. The van der Waals surface area contributed by atoms with Crippen molar-refractivity contribution in [2.45, 2.75) is 26.2 Å². The van der Waals surface area contributed by atoms with Crippen molar-refractivity contribution in [1.82, 2.24) is 5.32 Å². The average Bonchev–Trinajstić information content (AvgIpc) is 2.49. The zero-order valence-corrected chi connectivity index (χ0v) is 13.5. The molecule has 21 heavy (non-hydrogen) atoms. The maximum atomic E-state index is 11.6. The van der Waals surface area contributed by atoms with Gasteiger partial charge in [-0.25, -0.2) is 0 Å². The molecule has 0 fully saturated rings. The summed E-state index contributed by atoms with van der Waals surface area (Å²) in [5, 5.41) is 11.5. The summed E-state index contributed by atoms with van der Waals surface area (Å²) in [5.74, 6) is 2.76. The van der Waals surface area contributed by atoms with Gasteiger partial charge in [-0.3, -0.25) is 4.79 Å². The predicted molar refractivity (Wildman–Crippen MR) is 87.9 cm³/mol. The zero-order chi connectivity index (χ0) is 15.3. The number of carbonyl (C=O) groups excluding carboxylic acids is 1. The second-order valence-corrected chi connectivity index (χ2v) is 6.03. The van der Waals surface area contributed by atoms with Crippen LogP contribution < -0.4 is 10.1 Å². The van der Waals surface area contributed by atoms with Crippen molar-refractivity contribution in [3.63, 3.8) is 0 Å². The fourth-order valence-electron chi connectivity index (χ4n) is 1.68. The number of aliphatic hydroxyl groups is 1. The van der Waals surface area contributed by atoms with Gasteiger partial charge in [0.05, 0.1) is 6.61 Å². The van der Waals surface area contributed by atoms with E-state index in [0.29, 0.717) is 19.6 Å². The highest BCUT2D eigenvalue weighted by molar-refractivity contribution is 7.99. The Hall–Kier alpha value is -1.20. The molecule has 4 nitrogen and oxygen atoms in total. The Labute approximate surface area is 131 Å². The molecule has 0 bridgehead atoms. The number of aryl methyl sites for hydroxylation is 1. The average molecular weight is 311 g/mol. The minimum Gasteiger partial charge on any atom is -0.494 e. The van der Waals surface area contributed by atoms with Gasteiger partial charge in [0.2, 0.25) is 5.91 Å². The van der Waals surface area contributed by atoms with Gasteiger partial charge in [-0.1, -0.05) is 17.7 Å². The molecule has 118 valence electrons. The molecule has 5 heteroatoms. The molecule has 0 radical (unpaired) electrons. The van der Waals surface area contributed by atoms with Gasteiger partial charge in [0, 0.05) is 25.3 Å². The van der Waals surface area contributed by atoms with Gasteiger partial charge < -0.3 is 15.2 Å². The number of hydrogen-bond acceptors (Lipinski definition) is 4. The highest BCUT2D eigenvalue weighted by Crippen LogP contribution is 2.11. The van der Waals surface area contributed by atoms with Crippen LogP contribution in [0, 0.1) is 6.92 Å². The molecule has 1 amide bonds. The van der Waals surface area contributed by atoms with Crippen molar-refractivity contribution < 1.29 is 14.6 Å². The first-order valence-corrected chi connectivity index (χ1v) is 8.52. The fraction of sp³-hybridized carbons (Fsp3) is 0.562. The lowest BCUT2D eigenvalue weighted by atomic mass is 10.2. The van der Waals surface area contributed by atoms with Crippen molar-refractivity contribution in [1.29, 1.82) is 0 Å². The standard InChI is InChI=1S/C16H25NO3S/c1-14-5-7-15(8-6-14)20-11-2-4-16(19)17-9-13-21-12-3-10-18/h5-8,18H,2-4,9-13H2,1H3,(H,17,19). The quantitative estimate of drug-likeness (QED) is 0.616. The lowest BCUT2D eigenvalue weighted by Crippen LogP contribution is -2.25. The first-order chi connectivity index (χ1) is 10.2. The Morgan fingerprint density at radius 1 is 1.24 bits per heavy atom. The SMILES string of the molecule is Cc1ccc(OCCCC(=O)NCCSCCCO)cc1. The summed E-state index contributed by atoms with van der Waals surface area (Å²) >= 11 is 1.75. The molecule has 0 aromatic heterocycles. The summed E-state index contributed by atoms with van der Waals surface area (Å²) < 4.78 is 5.57.